The minimum absolute atomic E-state index is 0.387. The van der Waals surface area contributed by atoms with Crippen LogP contribution in [0.3, 0.4) is 0 Å². The van der Waals surface area contributed by atoms with Crippen LogP contribution in [0.5, 0.6) is 0 Å². The Kier molecular flexibility index (Phi) is 3.75. The average Bonchev–Trinajstić information content (AvgIpc) is 2.46. The third kappa shape index (κ3) is 2.71. The Balaban J connectivity index is 2.81. The third-order valence-electron chi connectivity index (χ3n) is 1.81. The first-order chi connectivity index (χ1) is 6.15. The molecule has 1 aromatic rings. The molecule has 0 radical (unpaired) electrons. The number of halogens is 1. The van der Waals surface area contributed by atoms with Crippen LogP contribution in [0.1, 0.15) is 30.6 Å². The highest BCUT2D eigenvalue weighted by Crippen LogP contribution is 2.30. The largest absolute Gasteiger partial charge is 0.481 e. The minimum Gasteiger partial charge on any atom is -0.481 e. The van der Waals surface area contributed by atoms with Gasteiger partial charge in [0, 0.05) is 4.88 Å². The summed E-state index contributed by atoms with van der Waals surface area (Å²) in [6.45, 7) is 1.98. The van der Waals surface area contributed by atoms with Crippen molar-refractivity contribution in [1.82, 2.24) is 0 Å². The van der Waals surface area contributed by atoms with Gasteiger partial charge in [0.15, 0.2) is 0 Å². The smallest absolute Gasteiger partial charge is 0.311 e. The molecule has 0 aromatic carbocycles. The van der Waals surface area contributed by atoms with Gasteiger partial charge in [-0.05, 0) is 18.6 Å². The van der Waals surface area contributed by atoms with Crippen molar-refractivity contribution < 1.29 is 9.90 Å². The van der Waals surface area contributed by atoms with Crippen LogP contribution < -0.4 is 0 Å². The van der Waals surface area contributed by atoms with Gasteiger partial charge in [-0.1, -0.05) is 24.9 Å². The molecule has 1 N–H and O–H groups in total. The molecule has 0 spiro atoms. The lowest BCUT2D eigenvalue weighted by Crippen LogP contribution is -2.09. The molecule has 0 fully saturated rings. The molecule has 0 bridgehead atoms. The number of thiophene rings is 1. The van der Waals surface area contributed by atoms with Gasteiger partial charge in [0.25, 0.3) is 0 Å². The Labute approximate surface area is 86.2 Å². The summed E-state index contributed by atoms with van der Waals surface area (Å²) >= 11 is 7.08. The number of aliphatic carboxylic acids is 1. The quantitative estimate of drug-likeness (QED) is 0.842. The fourth-order valence-corrected chi connectivity index (χ4v) is 2.38. The van der Waals surface area contributed by atoms with E-state index in [1.54, 1.807) is 12.1 Å². The van der Waals surface area contributed by atoms with E-state index in [9.17, 15) is 4.79 Å². The fourth-order valence-electron chi connectivity index (χ4n) is 1.19. The van der Waals surface area contributed by atoms with Crippen molar-refractivity contribution in [2.45, 2.75) is 25.7 Å². The van der Waals surface area contributed by atoms with E-state index in [0.29, 0.717) is 10.8 Å². The molecule has 1 aromatic heterocycles. The highest BCUT2D eigenvalue weighted by molar-refractivity contribution is 7.16. The SMILES string of the molecule is CCCC(C(=O)O)c1ccc(Cl)s1. The van der Waals surface area contributed by atoms with Gasteiger partial charge in [0.1, 0.15) is 0 Å². The average molecular weight is 219 g/mol. The van der Waals surface area contributed by atoms with E-state index < -0.39 is 5.97 Å². The maximum Gasteiger partial charge on any atom is 0.311 e. The number of hydrogen-bond acceptors (Lipinski definition) is 2. The van der Waals surface area contributed by atoms with Crippen LogP contribution in [0.2, 0.25) is 4.34 Å². The number of carboxylic acid groups (broad SMARTS) is 1. The highest BCUT2D eigenvalue weighted by atomic mass is 35.5. The lowest BCUT2D eigenvalue weighted by molar-refractivity contribution is -0.138. The van der Waals surface area contributed by atoms with Crippen LogP contribution in [-0.4, -0.2) is 11.1 Å². The summed E-state index contributed by atoms with van der Waals surface area (Å²) in [6.07, 6.45) is 1.54. The normalized spacial score (nSPS) is 12.8. The van der Waals surface area contributed by atoms with Crippen molar-refractivity contribution >= 4 is 28.9 Å². The summed E-state index contributed by atoms with van der Waals surface area (Å²) in [7, 11) is 0. The predicted octanol–water partition coefficient (Wildman–Crippen LogP) is 3.37. The van der Waals surface area contributed by atoms with Crippen molar-refractivity contribution in [2.24, 2.45) is 0 Å². The second kappa shape index (κ2) is 4.63. The molecule has 0 aliphatic carbocycles. The van der Waals surface area contributed by atoms with Crippen molar-refractivity contribution in [1.29, 1.82) is 0 Å². The van der Waals surface area contributed by atoms with Gasteiger partial charge in [-0.3, -0.25) is 4.79 Å². The highest BCUT2D eigenvalue weighted by Gasteiger charge is 2.20. The molecule has 72 valence electrons. The molecule has 13 heavy (non-hydrogen) atoms. The van der Waals surface area contributed by atoms with Crippen molar-refractivity contribution in [3.63, 3.8) is 0 Å². The lowest BCUT2D eigenvalue weighted by Gasteiger charge is -2.07. The van der Waals surface area contributed by atoms with E-state index in [4.69, 9.17) is 16.7 Å². The van der Waals surface area contributed by atoms with Crippen molar-refractivity contribution in [3.8, 4) is 0 Å². The fraction of sp³-hybridized carbons (Fsp3) is 0.444. The number of hydrogen-bond donors (Lipinski definition) is 1. The molecule has 2 nitrogen and oxygen atoms in total. The Morgan fingerprint density at radius 1 is 1.69 bits per heavy atom. The molecule has 0 amide bonds. The summed E-state index contributed by atoms with van der Waals surface area (Å²) < 4.78 is 0.650. The van der Waals surface area contributed by atoms with E-state index in [-0.39, 0.29) is 5.92 Å². The van der Waals surface area contributed by atoms with E-state index in [1.807, 2.05) is 6.92 Å². The molecule has 0 saturated heterocycles. The van der Waals surface area contributed by atoms with Crippen LogP contribution in [0.4, 0.5) is 0 Å². The molecule has 1 rings (SSSR count). The molecular weight excluding hydrogens is 208 g/mol. The zero-order valence-corrected chi connectivity index (χ0v) is 8.86. The van der Waals surface area contributed by atoms with Crippen LogP contribution in [0, 0.1) is 0 Å². The molecule has 1 unspecified atom stereocenters. The standard InChI is InChI=1S/C9H11ClO2S/c1-2-3-6(9(11)12)7-4-5-8(10)13-7/h4-6H,2-3H2,1H3,(H,11,12). The van der Waals surface area contributed by atoms with Gasteiger partial charge >= 0.3 is 5.97 Å². The summed E-state index contributed by atoms with van der Waals surface area (Å²) in [5.74, 6) is -1.15. The molecular formula is C9H11ClO2S. The first-order valence-corrected chi connectivity index (χ1v) is 5.32. The van der Waals surface area contributed by atoms with E-state index in [2.05, 4.69) is 0 Å². The summed E-state index contributed by atoms with van der Waals surface area (Å²) in [5, 5.41) is 8.93. The van der Waals surface area contributed by atoms with Crippen LogP contribution in [-0.2, 0) is 4.79 Å². The maximum absolute atomic E-state index is 10.9. The van der Waals surface area contributed by atoms with Crippen molar-refractivity contribution in [3.05, 3.63) is 21.3 Å². The van der Waals surface area contributed by atoms with E-state index in [1.165, 1.54) is 11.3 Å². The Hall–Kier alpha value is -0.540. The second-order valence-corrected chi connectivity index (χ2v) is 4.57. The van der Waals surface area contributed by atoms with Gasteiger partial charge in [-0.15, -0.1) is 11.3 Å². The summed E-state index contributed by atoms with van der Waals surface area (Å²) in [6, 6.07) is 3.54. The monoisotopic (exact) mass is 218 g/mol. The van der Waals surface area contributed by atoms with E-state index in [0.717, 1.165) is 11.3 Å². The number of carbonyl (C=O) groups is 1. The molecule has 4 heteroatoms. The molecule has 0 saturated carbocycles. The van der Waals surface area contributed by atoms with Gasteiger partial charge in [-0.25, -0.2) is 0 Å². The molecule has 0 aliphatic rings. The van der Waals surface area contributed by atoms with Gasteiger partial charge in [-0.2, -0.15) is 0 Å². The van der Waals surface area contributed by atoms with Gasteiger partial charge in [0.2, 0.25) is 0 Å². The predicted molar refractivity (Wildman–Crippen MR) is 54.6 cm³/mol. The maximum atomic E-state index is 10.9. The first kappa shape index (κ1) is 10.5. The summed E-state index contributed by atoms with van der Waals surface area (Å²) in [4.78, 5) is 11.7. The second-order valence-electron chi connectivity index (χ2n) is 2.82. The number of rotatable bonds is 4. The molecule has 0 aliphatic heterocycles. The Bertz CT molecular complexity index is 296. The van der Waals surface area contributed by atoms with Crippen LogP contribution >= 0.6 is 22.9 Å². The first-order valence-electron chi connectivity index (χ1n) is 4.13. The van der Waals surface area contributed by atoms with Gasteiger partial charge < -0.3 is 5.11 Å². The topological polar surface area (TPSA) is 37.3 Å². The molecule has 1 atom stereocenters. The van der Waals surface area contributed by atoms with Gasteiger partial charge in [0.05, 0.1) is 10.3 Å². The van der Waals surface area contributed by atoms with Crippen LogP contribution in [0.15, 0.2) is 12.1 Å². The molecule has 1 heterocycles. The zero-order valence-electron chi connectivity index (χ0n) is 7.29. The number of carboxylic acids is 1. The Morgan fingerprint density at radius 2 is 2.38 bits per heavy atom. The lowest BCUT2D eigenvalue weighted by atomic mass is 10.0. The Morgan fingerprint density at radius 3 is 2.77 bits per heavy atom. The van der Waals surface area contributed by atoms with Crippen molar-refractivity contribution in [2.75, 3.05) is 0 Å². The van der Waals surface area contributed by atoms with E-state index >= 15 is 0 Å². The summed E-state index contributed by atoms with van der Waals surface area (Å²) in [5.41, 5.74) is 0. The third-order valence-corrected chi connectivity index (χ3v) is 3.16. The zero-order chi connectivity index (χ0) is 9.84. The van der Waals surface area contributed by atoms with Crippen LogP contribution in [0.25, 0.3) is 0 Å². The minimum atomic E-state index is -0.764.